The zero-order valence-corrected chi connectivity index (χ0v) is 30.3. The highest BCUT2D eigenvalue weighted by Gasteiger charge is 2.21. The van der Waals surface area contributed by atoms with Gasteiger partial charge < -0.3 is 9.32 Å². The van der Waals surface area contributed by atoms with Crippen molar-refractivity contribution in [2.45, 2.75) is 0 Å². The SMILES string of the molecule is c1ccc(-c2ccc(N(c3ccccc3)c3ccccc3-c3cccc4oc5cc(-c6nc(-c7ccccc7)nc(-c7ccccc7)n6)ccc5c34)cc2)cc1. The molecule has 0 unspecified atom stereocenters. The number of para-hydroxylation sites is 2. The minimum Gasteiger partial charge on any atom is -0.456 e. The maximum absolute atomic E-state index is 6.65. The van der Waals surface area contributed by atoms with Crippen LogP contribution in [0, 0.1) is 0 Å². The number of aromatic nitrogens is 3. The van der Waals surface area contributed by atoms with Crippen molar-refractivity contribution in [3.8, 4) is 56.4 Å². The lowest BCUT2D eigenvalue weighted by Gasteiger charge is -2.28. The minimum absolute atomic E-state index is 0.586. The molecule has 56 heavy (non-hydrogen) atoms. The molecule has 5 nitrogen and oxygen atoms in total. The molecule has 10 rings (SSSR count). The standard InChI is InChI=1S/C51H34N4O/c1-5-16-35(17-6-1)36-28-31-41(32-29-36)55(40-22-11-4-12-23-40)45-26-14-13-24-42(45)43-25-15-27-46-48(43)44-33-30-39(34-47(44)56-46)51-53-49(37-18-7-2-8-19-37)52-50(54-51)38-20-9-3-10-21-38/h1-34H. The molecular formula is C51H34N4O. The summed E-state index contributed by atoms with van der Waals surface area (Å²) in [7, 11) is 0. The van der Waals surface area contributed by atoms with E-state index in [1.807, 2.05) is 72.8 Å². The lowest BCUT2D eigenvalue weighted by atomic mass is 9.96. The Hall–Kier alpha value is -7.63. The van der Waals surface area contributed by atoms with Crippen molar-refractivity contribution in [3.63, 3.8) is 0 Å². The van der Waals surface area contributed by atoms with Crippen molar-refractivity contribution in [3.05, 3.63) is 206 Å². The molecule has 0 aliphatic heterocycles. The van der Waals surface area contributed by atoms with Crippen LogP contribution in [0.2, 0.25) is 0 Å². The Morgan fingerprint density at radius 2 is 0.821 bits per heavy atom. The number of furan rings is 1. The topological polar surface area (TPSA) is 55.1 Å². The first-order chi connectivity index (χ1) is 27.8. The van der Waals surface area contributed by atoms with Crippen molar-refractivity contribution in [2.24, 2.45) is 0 Å². The van der Waals surface area contributed by atoms with Gasteiger partial charge in [0, 0.05) is 44.4 Å². The third-order valence-electron chi connectivity index (χ3n) is 10.1. The fourth-order valence-corrected chi connectivity index (χ4v) is 7.46. The van der Waals surface area contributed by atoms with Gasteiger partial charge in [-0.15, -0.1) is 0 Å². The molecule has 0 atom stereocenters. The van der Waals surface area contributed by atoms with Crippen LogP contribution in [0.1, 0.15) is 0 Å². The second kappa shape index (κ2) is 14.3. The lowest BCUT2D eigenvalue weighted by Crippen LogP contribution is -2.11. The van der Waals surface area contributed by atoms with Crippen LogP contribution in [-0.2, 0) is 0 Å². The number of fused-ring (bicyclic) bond motifs is 3. The second-order valence-electron chi connectivity index (χ2n) is 13.6. The summed E-state index contributed by atoms with van der Waals surface area (Å²) in [5.74, 6) is 1.83. The van der Waals surface area contributed by atoms with E-state index in [2.05, 4.69) is 138 Å². The van der Waals surface area contributed by atoms with Gasteiger partial charge >= 0.3 is 0 Å². The molecule has 0 radical (unpaired) electrons. The van der Waals surface area contributed by atoms with Crippen LogP contribution in [0.25, 0.3) is 78.4 Å². The molecule has 0 aliphatic rings. The summed E-state index contributed by atoms with van der Waals surface area (Å²) in [6.07, 6.45) is 0. The molecule has 10 aromatic rings. The molecule has 5 heteroatoms. The van der Waals surface area contributed by atoms with Gasteiger partial charge in [-0.2, -0.15) is 0 Å². The summed E-state index contributed by atoms with van der Waals surface area (Å²) in [5.41, 5.74) is 12.0. The van der Waals surface area contributed by atoms with E-state index < -0.39 is 0 Å². The number of nitrogens with zero attached hydrogens (tertiary/aromatic N) is 4. The molecule has 264 valence electrons. The Morgan fingerprint density at radius 1 is 0.339 bits per heavy atom. The number of hydrogen-bond donors (Lipinski definition) is 0. The average molecular weight is 719 g/mol. The van der Waals surface area contributed by atoms with Crippen LogP contribution in [0.3, 0.4) is 0 Å². The minimum atomic E-state index is 0.586. The number of benzene rings is 8. The van der Waals surface area contributed by atoms with Crippen LogP contribution in [0.15, 0.2) is 211 Å². The molecular weight excluding hydrogens is 685 g/mol. The summed E-state index contributed by atoms with van der Waals surface area (Å²) in [5, 5.41) is 2.08. The molecule has 8 aromatic carbocycles. The fraction of sp³-hybridized carbons (Fsp3) is 0. The van der Waals surface area contributed by atoms with E-state index in [0.717, 1.165) is 66.8 Å². The maximum atomic E-state index is 6.65. The first kappa shape index (κ1) is 33.0. The van der Waals surface area contributed by atoms with Gasteiger partial charge in [0.1, 0.15) is 11.2 Å². The quantitative estimate of drug-likeness (QED) is 0.157. The zero-order chi connectivity index (χ0) is 37.3. The Bertz CT molecular complexity index is 2890. The number of rotatable bonds is 8. The van der Waals surface area contributed by atoms with Crippen LogP contribution < -0.4 is 4.90 Å². The monoisotopic (exact) mass is 718 g/mol. The Labute approximate surface area is 324 Å². The zero-order valence-electron chi connectivity index (χ0n) is 30.3. The van der Waals surface area contributed by atoms with Crippen molar-refractivity contribution in [1.29, 1.82) is 0 Å². The van der Waals surface area contributed by atoms with E-state index in [4.69, 9.17) is 19.4 Å². The smallest absolute Gasteiger partial charge is 0.164 e. The molecule has 0 saturated carbocycles. The van der Waals surface area contributed by atoms with E-state index in [0.29, 0.717) is 17.5 Å². The van der Waals surface area contributed by atoms with E-state index in [1.165, 1.54) is 11.1 Å². The molecule has 0 saturated heterocycles. The van der Waals surface area contributed by atoms with Gasteiger partial charge in [-0.25, -0.2) is 15.0 Å². The highest BCUT2D eigenvalue weighted by molar-refractivity contribution is 6.14. The van der Waals surface area contributed by atoms with E-state index in [9.17, 15) is 0 Å². The summed E-state index contributed by atoms with van der Waals surface area (Å²) in [6.45, 7) is 0. The molecule has 0 aliphatic carbocycles. The highest BCUT2D eigenvalue weighted by Crippen LogP contribution is 2.45. The van der Waals surface area contributed by atoms with Gasteiger partial charge in [0.05, 0.1) is 5.69 Å². The van der Waals surface area contributed by atoms with Crippen LogP contribution in [0.5, 0.6) is 0 Å². The fourth-order valence-electron chi connectivity index (χ4n) is 7.46. The Kier molecular flexibility index (Phi) is 8.43. The third-order valence-corrected chi connectivity index (χ3v) is 10.1. The van der Waals surface area contributed by atoms with Gasteiger partial charge in [0.2, 0.25) is 0 Å². The van der Waals surface area contributed by atoms with Gasteiger partial charge in [0.15, 0.2) is 17.5 Å². The molecule has 0 spiro atoms. The van der Waals surface area contributed by atoms with Crippen LogP contribution in [-0.4, -0.2) is 15.0 Å². The predicted octanol–water partition coefficient (Wildman–Crippen LogP) is 13.6. The summed E-state index contributed by atoms with van der Waals surface area (Å²) < 4.78 is 6.65. The Morgan fingerprint density at radius 3 is 1.46 bits per heavy atom. The van der Waals surface area contributed by atoms with Gasteiger partial charge in [-0.05, 0) is 65.2 Å². The first-order valence-electron chi connectivity index (χ1n) is 18.7. The summed E-state index contributed by atoms with van der Waals surface area (Å²) in [6, 6.07) is 71.1. The molecule has 0 fully saturated rings. The lowest BCUT2D eigenvalue weighted by molar-refractivity contribution is 0.669. The van der Waals surface area contributed by atoms with Crippen molar-refractivity contribution >= 4 is 39.0 Å². The van der Waals surface area contributed by atoms with E-state index >= 15 is 0 Å². The molecule has 2 aromatic heterocycles. The normalized spacial score (nSPS) is 11.2. The van der Waals surface area contributed by atoms with Crippen molar-refractivity contribution in [2.75, 3.05) is 4.90 Å². The van der Waals surface area contributed by atoms with Crippen LogP contribution in [0.4, 0.5) is 17.1 Å². The van der Waals surface area contributed by atoms with Crippen LogP contribution >= 0.6 is 0 Å². The molecule has 2 heterocycles. The molecule has 0 amide bonds. The largest absolute Gasteiger partial charge is 0.456 e. The number of hydrogen-bond acceptors (Lipinski definition) is 5. The highest BCUT2D eigenvalue weighted by atomic mass is 16.3. The van der Waals surface area contributed by atoms with Gasteiger partial charge in [0.25, 0.3) is 0 Å². The predicted molar refractivity (Wildman–Crippen MR) is 229 cm³/mol. The maximum Gasteiger partial charge on any atom is 0.164 e. The van der Waals surface area contributed by atoms with Gasteiger partial charge in [-0.1, -0.05) is 158 Å². The third kappa shape index (κ3) is 6.17. The average Bonchev–Trinajstić information content (AvgIpc) is 3.66. The number of anilines is 3. The summed E-state index contributed by atoms with van der Waals surface area (Å²) in [4.78, 5) is 17.1. The summed E-state index contributed by atoms with van der Waals surface area (Å²) >= 11 is 0. The second-order valence-corrected chi connectivity index (χ2v) is 13.6. The first-order valence-corrected chi connectivity index (χ1v) is 18.7. The molecule has 0 N–H and O–H groups in total. The van der Waals surface area contributed by atoms with Gasteiger partial charge in [-0.3, -0.25) is 0 Å². The Balaban J connectivity index is 1.10. The van der Waals surface area contributed by atoms with Crippen molar-refractivity contribution in [1.82, 2.24) is 15.0 Å². The van der Waals surface area contributed by atoms with Crippen molar-refractivity contribution < 1.29 is 4.42 Å². The molecule has 0 bridgehead atoms. The van der Waals surface area contributed by atoms with E-state index in [-0.39, 0.29) is 0 Å². The van der Waals surface area contributed by atoms with E-state index in [1.54, 1.807) is 0 Å².